The number of aromatic nitrogens is 1. The van der Waals surface area contributed by atoms with Gasteiger partial charge in [-0.2, -0.15) is 5.26 Å². The quantitative estimate of drug-likeness (QED) is 0.778. The molecule has 1 aliphatic carbocycles. The number of thiophene rings is 1. The number of hydrogen-bond acceptors (Lipinski definition) is 6. The van der Waals surface area contributed by atoms with Crippen molar-refractivity contribution >= 4 is 22.2 Å². The third-order valence-electron chi connectivity index (χ3n) is 4.02. The van der Waals surface area contributed by atoms with Crippen molar-refractivity contribution in [1.82, 2.24) is 5.16 Å². The molecule has 0 fully saturated rings. The lowest BCUT2D eigenvalue weighted by Gasteiger charge is -2.09. The van der Waals surface area contributed by atoms with E-state index in [1.54, 1.807) is 12.1 Å². The third-order valence-corrected chi connectivity index (χ3v) is 5.22. The maximum atomic E-state index is 12.4. The number of fused-ring (bicyclic) bond motifs is 1. The van der Waals surface area contributed by atoms with Gasteiger partial charge in [-0.25, -0.2) is 0 Å². The first kappa shape index (κ1) is 14.7. The van der Waals surface area contributed by atoms with Crippen LogP contribution in [-0.2, 0) is 12.8 Å². The number of nitrogens with one attached hydrogen (secondary N) is 1. The summed E-state index contributed by atoms with van der Waals surface area (Å²) in [7, 11) is 0. The topological polar surface area (TPSA) is 92.1 Å². The van der Waals surface area contributed by atoms with E-state index >= 15 is 0 Å². The molecule has 0 saturated carbocycles. The second-order valence-corrected chi connectivity index (χ2v) is 6.64. The van der Waals surface area contributed by atoms with Gasteiger partial charge in [-0.05, 0) is 43.4 Å². The highest BCUT2D eigenvalue weighted by atomic mass is 32.1. The Morgan fingerprint density at radius 2 is 2.21 bits per heavy atom. The van der Waals surface area contributed by atoms with Crippen LogP contribution in [0.2, 0.25) is 0 Å². The molecule has 6 nitrogen and oxygen atoms in total. The predicted molar refractivity (Wildman–Crippen MR) is 87.8 cm³/mol. The van der Waals surface area contributed by atoms with Gasteiger partial charge >= 0.3 is 0 Å². The number of amides is 1. The fraction of sp³-hybridized carbons (Fsp3) is 0.235. The van der Waals surface area contributed by atoms with Gasteiger partial charge in [-0.3, -0.25) is 4.79 Å². The van der Waals surface area contributed by atoms with E-state index in [1.807, 2.05) is 0 Å². The van der Waals surface area contributed by atoms with Crippen LogP contribution in [0.1, 0.15) is 39.3 Å². The number of nitriles is 1. The highest BCUT2D eigenvalue weighted by Crippen LogP contribution is 2.37. The average molecular weight is 339 g/mol. The number of nitrogens with zero attached hydrogens (tertiary/aromatic N) is 2. The van der Waals surface area contributed by atoms with E-state index in [0.717, 1.165) is 31.2 Å². The number of carbonyl (C=O) groups is 1. The zero-order chi connectivity index (χ0) is 16.5. The van der Waals surface area contributed by atoms with Gasteiger partial charge in [0.05, 0.1) is 11.8 Å². The van der Waals surface area contributed by atoms with E-state index in [9.17, 15) is 10.1 Å². The Morgan fingerprint density at radius 1 is 1.33 bits per heavy atom. The molecule has 0 unspecified atom stereocenters. The maximum absolute atomic E-state index is 12.4. The van der Waals surface area contributed by atoms with Gasteiger partial charge in [0.1, 0.15) is 11.1 Å². The minimum atomic E-state index is -0.397. The third kappa shape index (κ3) is 2.51. The Bertz CT molecular complexity index is 931. The maximum Gasteiger partial charge on any atom is 0.278 e. The first-order chi connectivity index (χ1) is 11.8. The summed E-state index contributed by atoms with van der Waals surface area (Å²) in [4.78, 5) is 13.6. The van der Waals surface area contributed by atoms with Crippen LogP contribution in [0.5, 0.6) is 0 Å². The van der Waals surface area contributed by atoms with Gasteiger partial charge in [0.25, 0.3) is 5.91 Å². The highest BCUT2D eigenvalue weighted by Gasteiger charge is 2.23. The van der Waals surface area contributed by atoms with Crippen LogP contribution in [0, 0.1) is 11.3 Å². The molecule has 0 aliphatic heterocycles. The van der Waals surface area contributed by atoms with E-state index in [0.29, 0.717) is 22.1 Å². The minimum absolute atomic E-state index is 0.150. The largest absolute Gasteiger partial charge is 0.461 e. The van der Waals surface area contributed by atoms with Gasteiger partial charge in [-0.1, -0.05) is 5.16 Å². The molecule has 0 saturated heterocycles. The number of rotatable bonds is 3. The summed E-state index contributed by atoms with van der Waals surface area (Å²) >= 11 is 1.48. The van der Waals surface area contributed by atoms with Crippen molar-refractivity contribution in [1.29, 1.82) is 5.26 Å². The normalized spacial score (nSPS) is 13.3. The van der Waals surface area contributed by atoms with E-state index in [-0.39, 0.29) is 5.69 Å². The lowest BCUT2D eigenvalue weighted by Crippen LogP contribution is -2.12. The summed E-state index contributed by atoms with van der Waals surface area (Å²) in [5.74, 6) is 0.494. The lowest BCUT2D eigenvalue weighted by molar-refractivity contribution is 0.101. The van der Waals surface area contributed by atoms with Gasteiger partial charge in [-0.15, -0.1) is 11.3 Å². The molecule has 1 amide bonds. The first-order valence-electron chi connectivity index (χ1n) is 7.63. The molecule has 1 N–H and O–H groups in total. The number of furan rings is 1. The molecule has 3 aromatic rings. The molecule has 3 aromatic heterocycles. The van der Waals surface area contributed by atoms with Crippen LogP contribution in [0.4, 0.5) is 5.00 Å². The molecule has 0 spiro atoms. The molecule has 3 heterocycles. The van der Waals surface area contributed by atoms with Crippen LogP contribution in [0.3, 0.4) is 0 Å². The smallest absolute Gasteiger partial charge is 0.278 e. The van der Waals surface area contributed by atoms with Crippen molar-refractivity contribution in [3.8, 4) is 17.6 Å². The van der Waals surface area contributed by atoms with Crippen LogP contribution in [0.25, 0.3) is 11.5 Å². The SMILES string of the molecule is N#Cc1c(NC(=O)c2cc(-c3ccco3)on2)sc2c1CCCC2. The van der Waals surface area contributed by atoms with Gasteiger partial charge < -0.3 is 14.3 Å². The van der Waals surface area contributed by atoms with Gasteiger partial charge in [0, 0.05) is 10.9 Å². The molecule has 120 valence electrons. The van der Waals surface area contributed by atoms with Crippen molar-refractivity contribution in [2.45, 2.75) is 25.7 Å². The summed E-state index contributed by atoms with van der Waals surface area (Å²) in [6.07, 6.45) is 5.60. The van der Waals surface area contributed by atoms with E-state index < -0.39 is 5.91 Å². The summed E-state index contributed by atoms with van der Waals surface area (Å²) in [6.45, 7) is 0. The summed E-state index contributed by atoms with van der Waals surface area (Å²) in [6, 6.07) is 7.20. The van der Waals surface area contributed by atoms with Crippen molar-refractivity contribution < 1.29 is 13.7 Å². The zero-order valence-corrected chi connectivity index (χ0v) is 13.5. The minimum Gasteiger partial charge on any atom is -0.461 e. The van der Waals surface area contributed by atoms with Crippen LogP contribution >= 0.6 is 11.3 Å². The first-order valence-corrected chi connectivity index (χ1v) is 8.44. The van der Waals surface area contributed by atoms with E-state index in [4.69, 9.17) is 8.94 Å². The summed E-state index contributed by atoms with van der Waals surface area (Å²) < 4.78 is 10.4. The second-order valence-electron chi connectivity index (χ2n) is 5.53. The van der Waals surface area contributed by atoms with Crippen LogP contribution in [0.15, 0.2) is 33.4 Å². The fourth-order valence-corrected chi connectivity index (χ4v) is 4.09. The molecule has 24 heavy (non-hydrogen) atoms. The van der Waals surface area contributed by atoms with E-state index in [2.05, 4.69) is 16.5 Å². The van der Waals surface area contributed by atoms with Crippen molar-refractivity contribution in [3.05, 3.63) is 46.2 Å². The Balaban J connectivity index is 1.59. The molecular weight excluding hydrogens is 326 g/mol. The average Bonchev–Trinajstić information content (AvgIpc) is 3.33. The second kappa shape index (κ2) is 5.98. The summed E-state index contributed by atoms with van der Waals surface area (Å²) in [5, 5.41) is 16.6. The number of aryl methyl sites for hydroxylation is 1. The molecule has 0 bridgehead atoms. The molecule has 0 radical (unpaired) electrons. The van der Waals surface area contributed by atoms with Gasteiger partial charge in [0.2, 0.25) is 5.76 Å². The van der Waals surface area contributed by atoms with Crippen molar-refractivity contribution in [2.75, 3.05) is 5.32 Å². The molecule has 7 heteroatoms. The molecule has 0 atom stereocenters. The fourth-order valence-electron chi connectivity index (χ4n) is 2.86. The Kier molecular flexibility index (Phi) is 3.67. The molecular formula is C17H13N3O3S. The summed E-state index contributed by atoms with van der Waals surface area (Å²) in [5.41, 5.74) is 1.81. The van der Waals surface area contributed by atoms with Crippen LogP contribution in [-0.4, -0.2) is 11.1 Å². The Morgan fingerprint density at radius 3 is 3.00 bits per heavy atom. The monoisotopic (exact) mass is 339 g/mol. The number of carbonyl (C=O) groups excluding carboxylic acids is 1. The zero-order valence-electron chi connectivity index (χ0n) is 12.7. The van der Waals surface area contributed by atoms with E-state index in [1.165, 1.54) is 28.5 Å². The number of hydrogen-bond donors (Lipinski definition) is 1. The van der Waals surface area contributed by atoms with Gasteiger partial charge in [0.15, 0.2) is 11.5 Å². The number of anilines is 1. The molecule has 1 aliphatic rings. The predicted octanol–water partition coefficient (Wildman–Crippen LogP) is 4.00. The molecule has 4 rings (SSSR count). The highest BCUT2D eigenvalue weighted by molar-refractivity contribution is 7.16. The van der Waals surface area contributed by atoms with Crippen molar-refractivity contribution in [3.63, 3.8) is 0 Å². The Labute approximate surface area is 141 Å². The standard InChI is InChI=1S/C17H13N3O3S/c18-9-11-10-4-1-2-6-15(10)24-17(11)19-16(21)12-8-14(23-20-12)13-5-3-7-22-13/h3,5,7-8H,1-2,4,6H2,(H,19,21). The molecule has 0 aromatic carbocycles. The van der Waals surface area contributed by atoms with Crippen LogP contribution < -0.4 is 5.32 Å². The van der Waals surface area contributed by atoms with Crippen molar-refractivity contribution in [2.24, 2.45) is 0 Å². The lowest BCUT2D eigenvalue weighted by atomic mass is 9.96. The Hall–Kier alpha value is -2.85.